The Morgan fingerprint density at radius 1 is 0.971 bits per heavy atom. The molecule has 0 radical (unpaired) electrons. The summed E-state index contributed by atoms with van der Waals surface area (Å²) in [6.45, 7) is 10.2. The Hall–Kier alpha value is -3.39. The van der Waals surface area contributed by atoms with Crippen molar-refractivity contribution in [3.63, 3.8) is 0 Å². The van der Waals surface area contributed by atoms with Crippen LogP contribution in [-0.4, -0.2) is 47.8 Å². The molecule has 8 heteroatoms. The fraction of sp³-hybridized carbons (Fsp3) is 0.423. The zero-order valence-electron chi connectivity index (χ0n) is 20.6. The fourth-order valence-electron chi connectivity index (χ4n) is 3.35. The first-order valence-corrected chi connectivity index (χ1v) is 11.8. The molecular weight excluding hydrogens is 428 g/mol. The molecule has 8 nitrogen and oxygen atoms in total. The molecule has 0 saturated carbocycles. The van der Waals surface area contributed by atoms with Gasteiger partial charge < -0.3 is 26.4 Å². The van der Waals surface area contributed by atoms with Gasteiger partial charge in [0.25, 0.3) is 0 Å². The molecule has 34 heavy (non-hydrogen) atoms. The average Bonchev–Trinajstić information content (AvgIpc) is 2.78. The van der Waals surface area contributed by atoms with Gasteiger partial charge >= 0.3 is 6.09 Å². The van der Waals surface area contributed by atoms with Crippen molar-refractivity contribution in [2.45, 2.75) is 46.1 Å². The van der Waals surface area contributed by atoms with E-state index in [1.165, 1.54) is 5.56 Å². The summed E-state index contributed by atoms with van der Waals surface area (Å²) in [7, 11) is 0. The Morgan fingerprint density at radius 3 is 2.41 bits per heavy atom. The van der Waals surface area contributed by atoms with Gasteiger partial charge in [0.05, 0.1) is 11.2 Å². The van der Waals surface area contributed by atoms with Gasteiger partial charge in [-0.15, -0.1) is 0 Å². The van der Waals surface area contributed by atoms with Crippen LogP contribution in [0.3, 0.4) is 0 Å². The van der Waals surface area contributed by atoms with E-state index in [0.717, 1.165) is 53.2 Å². The number of alkyl carbamates (subject to hydrolysis) is 1. The lowest BCUT2D eigenvalue weighted by Crippen LogP contribution is -2.33. The number of nitrogens with zero attached hydrogens (tertiary/aromatic N) is 2. The highest BCUT2D eigenvalue weighted by Crippen LogP contribution is 2.28. The van der Waals surface area contributed by atoms with Crippen LogP contribution < -0.4 is 21.7 Å². The Bertz CT molecular complexity index is 1090. The van der Waals surface area contributed by atoms with Gasteiger partial charge in [-0.2, -0.15) is 0 Å². The molecule has 5 N–H and O–H groups in total. The molecule has 0 saturated heterocycles. The Labute approximate surface area is 201 Å². The van der Waals surface area contributed by atoms with Crippen LogP contribution in [-0.2, 0) is 4.74 Å². The monoisotopic (exact) mass is 464 g/mol. The van der Waals surface area contributed by atoms with E-state index in [-0.39, 0.29) is 0 Å². The molecule has 0 aliphatic rings. The maximum atomic E-state index is 11.7. The van der Waals surface area contributed by atoms with E-state index in [9.17, 15) is 4.79 Å². The van der Waals surface area contributed by atoms with E-state index in [2.05, 4.69) is 47.1 Å². The number of carbonyl (C=O) groups is 1. The summed E-state index contributed by atoms with van der Waals surface area (Å²) in [6.07, 6.45) is 1.21. The third-order valence-electron chi connectivity index (χ3n) is 5.03. The number of benzene rings is 1. The number of pyridine rings is 2. The molecular formula is C26H36N6O2. The van der Waals surface area contributed by atoms with Crippen molar-refractivity contribution in [3.05, 3.63) is 48.0 Å². The van der Waals surface area contributed by atoms with Gasteiger partial charge in [-0.25, -0.2) is 14.8 Å². The SMILES string of the molecule is Cc1ccc(-c2cc3nc(NCCCNC(=O)OC(C)(C)C)ccc3c(NCCCN)n2)cc1. The van der Waals surface area contributed by atoms with Crippen molar-refractivity contribution < 1.29 is 9.53 Å². The van der Waals surface area contributed by atoms with Crippen LogP contribution in [0.5, 0.6) is 0 Å². The number of aromatic nitrogens is 2. The van der Waals surface area contributed by atoms with Gasteiger partial charge in [0.2, 0.25) is 0 Å². The zero-order valence-corrected chi connectivity index (χ0v) is 20.6. The first kappa shape index (κ1) is 25.2. The van der Waals surface area contributed by atoms with Crippen molar-refractivity contribution in [3.8, 4) is 11.3 Å². The van der Waals surface area contributed by atoms with Gasteiger partial charge in [0.1, 0.15) is 17.2 Å². The molecule has 0 unspecified atom stereocenters. The summed E-state index contributed by atoms with van der Waals surface area (Å²) in [5.74, 6) is 1.58. The van der Waals surface area contributed by atoms with Crippen LogP contribution in [0.1, 0.15) is 39.2 Å². The van der Waals surface area contributed by atoms with Crippen LogP contribution in [0.15, 0.2) is 42.5 Å². The second-order valence-electron chi connectivity index (χ2n) is 9.26. The van der Waals surface area contributed by atoms with E-state index in [0.29, 0.717) is 19.6 Å². The van der Waals surface area contributed by atoms with E-state index in [1.54, 1.807) is 0 Å². The van der Waals surface area contributed by atoms with Crippen LogP contribution in [0, 0.1) is 6.92 Å². The number of ether oxygens (including phenoxy) is 1. The molecule has 2 aromatic heterocycles. The quantitative estimate of drug-likeness (QED) is 0.322. The molecule has 0 spiro atoms. The summed E-state index contributed by atoms with van der Waals surface area (Å²) in [5, 5.41) is 10.5. The Kier molecular flexibility index (Phi) is 8.65. The van der Waals surface area contributed by atoms with Crippen LogP contribution in [0.25, 0.3) is 22.2 Å². The highest BCUT2D eigenvalue weighted by molar-refractivity contribution is 5.93. The highest BCUT2D eigenvalue weighted by Gasteiger charge is 2.15. The normalized spacial score (nSPS) is 11.3. The molecule has 0 fully saturated rings. The smallest absolute Gasteiger partial charge is 0.407 e. The average molecular weight is 465 g/mol. The summed E-state index contributed by atoms with van der Waals surface area (Å²) >= 11 is 0. The lowest BCUT2D eigenvalue weighted by Gasteiger charge is -2.19. The van der Waals surface area contributed by atoms with Crippen LogP contribution >= 0.6 is 0 Å². The van der Waals surface area contributed by atoms with Gasteiger partial charge in [0.15, 0.2) is 0 Å². The summed E-state index contributed by atoms with van der Waals surface area (Å²) in [4.78, 5) is 21.4. The standard InChI is InChI=1S/C26H36N6O2/c1-18-7-9-19(10-8-18)21-17-22-20(24(32-21)29-14-5-13-27)11-12-23(31-22)28-15-6-16-30-25(33)34-26(2,3)4/h7-12,17H,5-6,13-16,27H2,1-4H3,(H,28,31)(H,29,32)(H,30,33). The number of hydrogen-bond acceptors (Lipinski definition) is 7. The largest absolute Gasteiger partial charge is 0.444 e. The summed E-state index contributed by atoms with van der Waals surface area (Å²) in [6, 6.07) is 14.3. The number of fused-ring (bicyclic) bond motifs is 1. The Morgan fingerprint density at radius 2 is 1.71 bits per heavy atom. The number of hydrogen-bond donors (Lipinski definition) is 4. The van der Waals surface area contributed by atoms with Crippen molar-refractivity contribution >= 4 is 28.6 Å². The maximum Gasteiger partial charge on any atom is 0.407 e. The molecule has 182 valence electrons. The molecule has 0 atom stereocenters. The lowest BCUT2D eigenvalue weighted by molar-refractivity contribution is 0.0528. The van der Waals surface area contributed by atoms with E-state index in [4.69, 9.17) is 20.4 Å². The predicted molar refractivity (Wildman–Crippen MR) is 139 cm³/mol. The minimum Gasteiger partial charge on any atom is -0.444 e. The maximum absolute atomic E-state index is 11.7. The van der Waals surface area contributed by atoms with Gasteiger partial charge in [-0.3, -0.25) is 0 Å². The van der Waals surface area contributed by atoms with Gasteiger partial charge in [-0.1, -0.05) is 29.8 Å². The van der Waals surface area contributed by atoms with E-state index >= 15 is 0 Å². The first-order chi connectivity index (χ1) is 16.2. The van der Waals surface area contributed by atoms with Crippen LogP contribution in [0.2, 0.25) is 0 Å². The minimum absolute atomic E-state index is 0.401. The van der Waals surface area contributed by atoms with E-state index in [1.807, 2.05) is 39.0 Å². The predicted octanol–water partition coefficient (Wildman–Crippen LogP) is 4.69. The third-order valence-corrected chi connectivity index (χ3v) is 5.03. The molecule has 0 aliphatic heterocycles. The Balaban J connectivity index is 1.70. The van der Waals surface area contributed by atoms with Crippen LogP contribution in [0.4, 0.5) is 16.4 Å². The van der Waals surface area contributed by atoms with Gasteiger partial charge in [0, 0.05) is 30.6 Å². The molecule has 0 aliphatic carbocycles. The van der Waals surface area contributed by atoms with Crippen molar-refractivity contribution in [1.29, 1.82) is 0 Å². The first-order valence-electron chi connectivity index (χ1n) is 11.8. The van der Waals surface area contributed by atoms with Crippen molar-refractivity contribution in [1.82, 2.24) is 15.3 Å². The molecule has 1 amide bonds. The number of rotatable bonds is 10. The second-order valence-corrected chi connectivity index (χ2v) is 9.26. The van der Waals surface area contributed by atoms with Crippen molar-refractivity contribution in [2.75, 3.05) is 36.8 Å². The molecule has 1 aromatic carbocycles. The zero-order chi connectivity index (χ0) is 24.6. The third kappa shape index (κ3) is 7.59. The highest BCUT2D eigenvalue weighted by atomic mass is 16.6. The topological polar surface area (TPSA) is 114 Å². The summed E-state index contributed by atoms with van der Waals surface area (Å²) < 4.78 is 5.25. The second kappa shape index (κ2) is 11.7. The van der Waals surface area contributed by atoms with E-state index < -0.39 is 11.7 Å². The fourth-order valence-corrected chi connectivity index (χ4v) is 3.35. The minimum atomic E-state index is -0.498. The lowest BCUT2D eigenvalue weighted by atomic mass is 10.1. The number of nitrogens with two attached hydrogens (primary N) is 1. The summed E-state index contributed by atoms with van der Waals surface area (Å²) in [5.41, 5.74) is 9.14. The number of carbonyl (C=O) groups excluding carboxylic acids is 1. The van der Waals surface area contributed by atoms with Gasteiger partial charge in [-0.05, 0) is 65.3 Å². The molecule has 2 heterocycles. The number of nitrogens with one attached hydrogen (secondary N) is 3. The molecule has 0 bridgehead atoms. The molecule has 3 aromatic rings. The number of anilines is 2. The number of aryl methyl sites for hydroxylation is 1. The van der Waals surface area contributed by atoms with Crippen molar-refractivity contribution in [2.24, 2.45) is 5.73 Å². The molecule has 3 rings (SSSR count). The number of amides is 1.